The van der Waals surface area contributed by atoms with Gasteiger partial charge in [-0.25, -0.2) is 4.39 Å². The van der Waals surface area contributed by atoms with Gasteiger partial charge in [0.05, 0.1) is 18.1 Å². The van der Waals surface area contributed by atoms with Crippen LogP contribution in [0.4, 0.5) is 4.39 Å². The molecule has 1 aliphatic heterocycles. The third-order valence-corrected chi connectivity index (χ3v) is 4.28. The Bertz CT molecular complexity index is 504. The lowest BCUT2D eigenvalue weighted by Crippen LogP contribution is -2.48. The average molecular weight is 330 g/mol. The largest absolute Gasteiger partial charge is 0.391 e. The number of hydrogen-bond acceptors (Lipinski definition) is 2. The van der Waals surface area contributed by atoms with Crippen LogP contribution in [0, 0.1) is 5.82 Å². The van der Waals surface area contributed by atoms with Crippen LogP contribution in [0.2, 0.25) is 0 Å². The molecule has 19 heavy (non-hydrogen) atoms. The zero-order chi connectivity index (χ0) is 14.2. The van der Waals surface area contributed by atoms with Crippen LogP contribution in [0.1, 0.15) is 25.8 Å². The van der Waals surface area contributed by atoms with E-state index in [9.17, 15) is 14.3 Å². The highest BCUT2D eigenvalue weighted by molar-refractivity contribution is 9.10. The van der Waals surface area contributed by atoms with Gasteiger partial charge in [-0.05, 0) is 44.0 Å². The van der Waals surface area contributed by atoms with E-state index in [1.807, 2.05) is 13.8 Å². The summed E-state index contributed by atoms with van der Waals surface area (Å²) in [6.45, 7) is 4.18. The molecule has 1 saturated heterocycles. The van der Waals surface area contributed by atoms with Crippen molar-refractivity contribution >= 4 is 21.8 Å². The maximum Gasteiger partial charge on any atom is 0.227 e. The number of halogens is 2. The summed E-state index contributed by atoms with van der Waals surface area (Å²) in [5.41, 5.74) is -0.212. The van der Waals surface area contributed by atoms with Crippen LogP contribution >= 0.6 is 15.9 Å². The number of rotatable bonds is 2. The lowest BCUT2D eigenvalue weighted by Gasteiger charge is -2.34. The Kier molecular flexibility index (Phi) is 3.97. The molecule has 5 heteroatoms. The molecule has 0 saturated carbocycles. The molecule has 1 aromatic carbocycles. The van der Waals surface area contributed by atoms with Crippen LogP contribution in [0.3, 0.4) is 0 Å². The fourth-order valence-electron chi connectivity index (χ4n) is 2.46. The Balaban J connectivity index is 2.16. The molecule has 1 fully saturated rings. The van der Waals surface area contributed by atoms with Gasteiger partial charge in [0.15, 0.2) is 0 Å². The molecule has 0 spiro atoms. The summed E-state index contributed by atoms with van der Waals surface area (Å²) >= 11 is 3.27. The van der Waals surface area contributed by atoms with Crippen molar-refractivity contribution in [2.24, 2.45) is 0 Å². The van der Waals surface area contributed by atoms with E-state index in [1.165, 1.54) is 6.07 Å². The third kappa shape index (κ3) is 2.82. The highest BCUT2D eigenvalue weighted by atomic mass is 79.9. The van der Waals surface area contributed by atoms with E-state index in [-0.39, 0.29) is 18.1 Å². The van der Waals surface area contributed by atoms with Crippen molar-refractivity contribution < 1.29 is 14.3 Å². The molecule has 104 valence electrons. The molecule has 0 bridgehead atoms. The van der Waals surface area contributed by atoms with Gasteiger partial charge in [0.25, 0.3) is 0 Å². The minimum Gasteiger partial charge on any atom is -0.391 e. The normalized spacial score (nSPS) is 21.7. The second-order valence-corrected chi connectivity index (χ2v) is 6.33. The zero-order valence-corrected chi connectivity index (χ0v) is 12.6. The van der Waals surface area contributed by atoms with Gasteiger partial charge in [-0.3, -0.25) is 4.79 Å². The number of carbonyl (C=O) groups is 1. The van der Waals surface area contributed by atoms with Gasteiger partial charge in [0.1, 0.15) is 5.82 Å². The maximum atomic E-state index is 13.6. The quantitative estimate of drug-likeness (QED) is 0.905. The number of amides is 1. The van der Waals surface area contributed by atoms with E-state index < -0.39 is 11.6 Å². The fraction of sp³-hybridized carbons (Fsp3) is 0.500. The van der Waals surface area contributed by atoms with Crippen LogP contribution in [0.25, 0.3) is 0 Å². The molecule has 0 radical (unpaired) electrons. The summed E-state index contributed by atoms with van der Waals surface area (Å²) in [7, 11) is 0. The highest BCUT2D eigenvalue weighted by Crippen LogP contribution is 2.29. The van der Waals surface area contributed by atoms with Crippen molar-refractivity contribution in [3.05, 3.63) is 34.1 Å². The van der Waals surface area contributed by atoms with E-state index in [4.69, 9.17) is 0 Å². The SMILES string of the molecule is CC1(C)C(O)CCN1C(=O)Cc1cc(Br)ccc1F. The maximum absolute atomic E-state index is 13.6. The molecule has 1 aromatic rings. The molecular formula is C14H17BrFNO2. The first-order chi connectivity index (χ1) is 8.82. The number of carbonyl (C=O) groups excluding carboxylic acids is 1. The van der Waals surface area contributed by atoms with E-state index in [2.05, 4.69) is 15.9 Å². The molecule has 0 aromatic heterocycles. The predicted octanol–water partition coefficient (Wildman–Crippen LogP) is 2.50. The topological polar surface area (TPSA) is 40.5 Å². The first kappa shape index (κ1) is 14.5. The van der Waals surface area contributed by atoms with Crippen molar-refractivity contribution in [3.8, 4) is 0 Å². The third-order valence-electron chi connectivity index (χ3n) is 3.79. The smallest absolute Gasteiger partial charge is 0.227 e. The Morgan fingerprint density at radius 2 is 2.26 bits per heavy atom. The fourth-order valence-corrected chi connectivity index (χ4v) is 2.86. The predicted molar refractivity (Wildman–Crippen MR) is 74.2 cm³/mol. The lowest BCUT2D eigenvalue weighted by atomic mass is 9.98. The van der Waals surface area contributed by atoms with Gasteiger partial charge in [-0.15, -0.1) is 0 Å². The minimum absolute atomic E-state index is 0.0153. The number of nitrogens with zero attached hydrogens (tertiary/aromatic N) is 1. The standard InChI is InChI=1S/C14H17BrFNO2/c1-14(2)12(18)5-6-17(14)13(19)8-9-7-10(15)3-4-11(9)16/h3-4,7,12,18H,5-6,8H2,1-2H3. The molecule has 0 aliphatic carbocycles. The molecule has 1 aliphatic rings. The average Bonchev–Trinajstić information content (AvgIpc) is 2.59. The molecule has 1 amide bonds. The summed E-state index contributed by atoms with van der Waals surface area (Å²) in [5.74, 6) is -0.535. The second-order valence-electron chi connectivity index (χ2n) is 5.42. The Morgan fingerprint density at radius 1 is 1.58 bits per heavy atom. The van der Waals surface area contributed by atoms with Crippen LogP contribution < -0.4 is 0 Å². The number of hydrogen-bond donors (Lipinski definition) is 1. The number of benzene rings is 1. The molecule has 1 heterocycles. The van der Waals surface area contributed by atoms with Crippen molar-refractivity contribution in [1.29, 1.82) is 0 Å². The van der Waals surface area contributed by atoms with Crippen LogP contribution in [0.15, 0.2) is 22.7 Å². The molecule has 1 atom stereocenters. The van der Waals surface area contributed by atoms with Gasteiger partial charge in [-0.1, -0.05) is 15.9 Å². The molecule has 1 N–H and O–H groups in total. The van der Waals surface area contributed by atoms with E-state index in [0.717, 1.165) is 4.47 Å². The Morgan fingerprint density at radius 3 is 2.84 bits per heavy atom. The highest BCUT2D eigenvalue weighted by Gasteiger charge is 2.42. The van der Waals surface area contributed by atoms with Gasteiger partial charge in [0, 0.05) is 11.0 Å². The monoisotopic (exact) mass is 329 g/mol. The minimum atomic E-state index is -0.584. The van der Waals surface area contributed by atoms with E-state index in [1.54, 1.807) is 17.0 Å². The Hall–Kier alpha value is -0.940. The molecule has 1 unspecified atom stereocenters. The lowest BCUT2D eigenvalue weighted by molar-refractivity contribution is -0.135. The van der Waals surface area contributed by atoms with Gasteiger partial charge < -0.3 is 10.0 Å². The first-order valence-electron chi connectivity index (χ1n) is 6.25. The molecule has 2 rings (SSSR count). The Labute approximate surface area is 120 Å². The van der Waals surface area contributed by atoms with Gasteiger partial charge in [-0.2, -0.15) is 0 Å². The molecular weight excluding hydrogens is 313 g/mol. The van der Waals surface area contributed by atoms with Crippen LogP contribution in [-0.2, 0) is 11.2 Å². The summed E-state index contributed by atoms with van der Waals surface area (Å²) in [5, 5.41) is 9.87. The van der Waals surface area contributed by atoms with Crippen LogP contribution in [-0.4, -0.2) is 34.1 Å². The zero-order valence-electron chi connectivity index (χ0n) is 11.0. The van der Waals surface area contributed by atoms with Crippen molar-refractivity contribution in [1.82, 2.24) is 4.90 Å². The van der Waals surface area contributed by atoms with Crippen molar-refractivity contribution in [2.75, 3.05) is 6.54 Å². The summed E-state index contributed by atoms with van der Waals surface area (Å²) in [6.07, 6.45) is 0.0602. The number of likely N-dealkylation sites (tertiary alicyclic amines) is 1. The van der Waals surface area contributed by atoms with Gasteiger partial charge in [0.2, 0.25) is 5.91 Å². The first-order valence-corrected chi connectivity index (χ1v) is 7.04. The van der Waals surface area contributed by atoms with Crippen molar-refractivity contribution in [2.45, 2.75) is 38.3 Å². The summed E-state index contributed by atoms with van der Waals surface area (Å²) < 4.78 is 14.4. The second kappa shape index (κ2) is 5.21. The van der Waals surface area contributed by atoms with Crippen LogP contribution in [0.5, 0.6) is 0 Å². The van der Waals surface area contributed by atoms with Gasteiger partial charge >= 0.3 is 0 Å². The van der Waals surface area contributed by atoms with E-state index >= 15 is 0 Å². The van der Waals surface area contributed by atoms with E-state index in [0.29, 0.717) is 18.5 Å². The summed E-state index contributed by atoms with van der Waals surface area (Å²) in [4.78, 5) is 13.9. The summed E-state index contributed by atoms with van der Waals surface area (Å²) in [6, 6.07) is 4.57. The number of aliphatic hydroxyl groups is 1. The van der Waals surface area contributed by atoms with Crippen molar-refractivity contribution in [3.63, 3.8) is 0 Å². The molecule has 3 nitrogen and oxygen atoms in total. The number of aliphatic hydroxyl groups excluding tert-OH is 1.